The molecule has 0 bridgehead atoms. The Kier molecular flexibility index (Phi) is 3.85. The molecule has 4 heteroatoms. The molecule has 0 radical (unpaired) electrons. The second kappa shape index (κ2) is 5.77. The zero-order valence-electron chi connectivity index (χ0n) is 12.2. The van der Waals surface area contributed by atoms with Crippen molar-refractivity contribution in [2.75, 3.05) is 13.1 Å². The Morgan fingerprint density at radius 3 is 2.50 bits per heavy atom. The average Bonchev–Trinajstić information content (AvgIpc) is 2.87. The maximum Gasteiger partial charge on any atom is 0.0769 e. The van der Waals surface area contributed by atoms with Gasteiger partial charge in [-0.15, -0.1) is 0 Å². The molecule has 0 spiro atoms. The van der Waals surface area contributed by atoms with E-state index in [1.165, 1.54) is 0 Å². The standard InChI is InChI=1S/C16H22N4/c1-13-10-19(11-14(2)17-13)12-15-8-9-20(18-15)16-6-4-3-5-7-16/h3-9,13-14,17H,10-12H2,1-2H3. The molecule has 106 valence electrons. The molecule has 20 heavy (non-hydrogen) atoms. The van der Waals surface area contributed by atoms with Gasteiger partial charge in [-0.2, -0.15) is 5.10 Å². The average molecular weight is 270 g/mol. The van der Waals surface area contributed by atoms with E-state index in [2.05, 4.69) is 47.4 Å². The number of rotatable bonds is 3. The van der Waals surface area contributed by atoms with E-state index in [-0.39, 0.29) is 0 Å². The van der Waals surface area contributed by atoms with Gasteiger partial charge in [-0.1, -0.05) is 18.2 Å². The lowest BCUT2D eigenvalue weighted by atomic mass is 10.1. The molecule has 0 amide bonds. The first-order chi connectivity index (χ1) is 9.70. The summed E-state index contributed by atoms with van der Waals surface area (Å²) in [7, 11) is 0. The zero-order valence-corrected chi connectivity index (χ0v) is 12.2. The smallest absolute Gasteiger partial charge is 0.0769 e. The monoisotopic (exact) mass is 270 g/mol. The van der Waals surface area contributed by atoms with E-state index in [1.54, 1.807) is 0 Å². The number of hydrogen-bond donors (Lipinski definition) is 1. The van der Waals surface area contributed by atoms with Crippen LogP contribution in [0.2, 0.25) is 0 Å². The third-order valence-corrected chi connectivity index (χ3v) is 3.68. The predicted octanol–water partition coefficient (Wildman–Crippen LogP) is 2.05. The molecule has 1 aliphatic rings. The van der Waals surface area contributed by atoms with Gasteiger partial charge in [-0.25, -0.2) is 4.68 Å². The first-order valence-electron chi connectivity index (χ1n) is 7.29. The molecule has 1 fully saturated rings. The molecule has 2 aromatic rings. The Hall–Kier alpha value is -1.65. The highest BCUT2D eigenvalue weighted by Crippen LogP contribution is 2.11. The van der Waals surface area contributed by atoms with Gasteiger partial charge in [-0.3, -0.25) is 4.90 Å². The quantitative estimate of drug-likeness (QED) is 0.926. The minimum absolute atomic E-state index is 0.551. The van der Waals surface area contributed by atoms with Crippen molar-refractivity contribution in [1.29, 1.82) is 0 Å². The molecule has 1 aromatic carbocycles. The summed E-state index contributed by atoms with van der Waals surface area (Å²) in [6, 6.07) is 13.5. The fourth-order valence-corrected chi connectivity index (χ4v) is 2.97. The molecule has 2 unspecified atom stereocenters. The number of nitrogens with zero attached hydrogens (tertiary/aromatic N) is 3. The second-order valence-electron chi connectivity index (χ2n) is 5.75. The number of aromatic nitrogens is 2. The highest BCUT2D eigenvalue weighted by molar-refractivity contribution is 5.30. The summed E-state index contributed by atoms with van der Waals surface area (Å²) in [4.78, 5) is 2.48. The first kappa shape index (κ1) is 13.3. The largest absolute Gasteiger partial charge is 0.309 e. The van der Waals surface area contributed by atoms with E-state index in [0.29, 0.717) is 12.1 Å². The van der Waals surface area contributed by atoms with Crippen molar-refractivity contribution >= 4 is 0 Å². The first-order valence-corrected chi connectivity index (χ1v) is 7.29. The summed E-state index contributed by atoms with van der Waals surface area (Å²) in [5.74, 6) is 0. The molecule has 2 heterocycles. The minimum Gasteiger partial charge on any atom is -0.309 e. The Morgan fingerprint density at radius 2 is 1.80 bits per heavy atom. The number of hydrogen-bond acceptors (Lipinski definition) is 3. The van der Waals surface area contributed by atoms with Gasteiger partial charge in [-0.05, 0) is 32.0 Å². The van der Waals surface area contributed by atoms with E-state index in [9.17, 15) is 0 Å². The molecule has 1 N–H and O–H groups in total. The summed E-state index contributed by atoms with van der Waals surface area (Å²) in [6.07, 6.45) is 2.04. The SMILES string of the molecule is CC1CN(Cc2ccn(-c3ccccc3)n2)CC(C)N1. The van der Waals surface area contributed by atoms with E-state index in [1.807, 2.05) is 29.1 Å². The van der Waals surface area contributed by atoms with Crippen LogP contribution in [0.3, 0.4) is 0 Å². The van der Waals surface area contributed by atoms with E-state index < -0.39 is 0 Å². The third kappa shape index (κ3) is 3.08. The lowest BCUT2D eigenvalue weighted by molar-refractivity contribution is 0.165. The van der Waals surface area contributed by atoms with Crippen molar-refractivity contribution < 1.29 is 0 Å². The lowest BCUT2D eigenvalue weighted by Crippen LogP contribution is -2.53. The van der Waals surface area contributed by atoms with E-state index >= 15 is 0 Å². The summed E-state index contributed by atoms with van der Waals surface area (Å²) >= 11 is 0. The fourth-order valence-electron chi connectivity index (χ4n) is 2.97. The van der Waals surface area contributed by atoms with Gasteiger partial charge < -0.3 is 5.32 Å². The maximum atomic E-state index is 4.68. The van der Waals surface area contributed by atoms with E-state index in [0.717, 1.165) is 31.0 Å². The summed E-state index contributed by atoms with van der Waals surface area (Å²) in [5.41, 5.74) is 2.25. The molecule has 0 aliphatic carbocycles. The molecular weight excluding hydrogens is 248 g/mol. The molecule has 2 atom stereocenters. The van der Waals surface area contributed by atoms with Crippen LogP contribution in [0, 0.1) is 0 Å². The van der Waals surface area contributed by atoms with Gasteiger partial charge in [0, 0.05) is 37.9 Å². The Morgan fingerprint density at radius 1 is 1.10 bits per heavy atom. The fraction of sp³-hybridized carbons (Fsp3) is 0.438. The Labute approximate surface area is 120 Å². The van der Waals surface area contributed by atoms with Gasteiger partial charge >= 0.3 is 0 Å². The number of nitrogens with one attached hydrogen (secondary N) is 1. The zero-order chi connectivity index (χ0) is 13.9. The normalized spacial score (nSPS) is 23.9. The van der Waals surface area contributed by atoms with Gasteiger partial charge in [0.25, 0.3) is 0 Å². The molecular formula is C16H22N4. The highest BCUT2D eigenvalue weighted by atomic mass is 15.3. The molecule has 0 saturated carbocycles. The van der Waals surface area contributed by atoms with Crippen molar-refractivity contribution in [3.63, 3.8) is 0 Å². The van der Waals surface area contributed by atoms with Gasteiger partial charge in [0.1, 0.15) is 0 Å². The topological polar surface area (TPSA) is 33.1 Å². The van der Waals surface area contributed by atoms with E-state index in [4.69, 9.17) is 0 Å². The summed E-state index contributed by atoms with van der Waals surface area (Å²) in [5, 5.41) is 8.24. The lowest BCUT2D eigenvalue weighted by Gasteiger charge is -2.35. The maximum absolute atomic E-state index is 4.68. The molecule has 3 rings (SSSR count). The Balaban J connectivity index is 1.68. The Bertz CT molecular complexity index is 539. The van der Waals surface area contributed by atoms with Gasteiger partial charge in [0.15, 0.2) is 0 Å². The highest BCUT2D eigenvalue weighted by Gasteiger charge is 2.21. The van der Waals surface area contributed by atoms with Crippen molar-refractivity contribution in [1.82, 2.24) is 20.0 Å². The van der Waals surface area contributed by atoms with Crippen molar-refractivity contribution in [3.8, 4) is 5.69 Å². The van der Waals surface area contributed by atoms with Gasteiger partial charge in [0.05, 0.1) is 11.4 Å². The molecule has 1 saturated heterocycles. The molecule has 1 aliphatic heterocycles. The van der Waals surface area contributed by atoms with Crippen LogP contribution < -0.4 is 5.32 Å². The van der Waals surface area contributed by atoms with Crippen LogP contribution in [0.15, 0.2) is 42.6 Å². The van der Waals surface area contributed by atoms with Crippen LogP contribution in [0.4, 0.5) is 0 Å². The number of benzene rings is 1. The van der Waals surface area contributed by atoms with Crippen LogP contribution in [0.5, 0.6) is 0 Å². The third-order valence-electron chi connectivity index (χ3n) is 3.68. The molecule has 4 nitrogen and oxygen atoms in total. The van der Waals surface area contributed by atoms with Crippen LogP contribution >= 0.6 is 0 Å². The number of piperazine rings is 1. The van der Waals surface area contributed by atoms with Crippen LogP contribution in [0.1, 0.15) is 19.5 Å². The second-order valence-corrected chi connectivity index (χ2v) is 5.75. The molecule has 1 aromatic heterocycles. The van der Waals surface area contributed by atoms with Gasteiger partial charge in [0.2, 0.25) is 0 Å². The van der Waals surface area contributed by atoms with Crippen molar-refractivity contribution in [3.05, 3.63) is 48.3 Å². The van der Waals surface area contributed by atoms with Crippen LogP contribution in [-0.2, 0) is 6.54 Å². The van der Waals surface area contributed by atoms with Crippen molar-refractivity contribution in [2.24, 2.45) is 0 Å². The summed E-state index contributed by atoms with van der Waals surface area (Å²) < 4.78 is 1.95. The van der Waals surface area contributed by atoms with Crippen molar-refractivity contribution in [2.45, 2.75) is 32.5 Å². The number of para-hydroxylation sites is 1. The van der Waals surface area contributed by atoms with Crippen LogP contribution in [0.25, 0.3) is 5.69 Å². The predicted molar refractivity (Wildman–Crippen MR) is 80.9 cm³/mol. The summed E-state index contributed by atoms with van der Waals surface area (Å²) in [6.45, 7) is 7.58. The van der Waals surface area contributed by atoms with Crippen LogP contribution in [-0.4, -0.2) is 39.9 Å². The minimum atomic E-state index is 0.551.